The fraction of sp³-hybridized carbons (Fsp3) is 0.444. The molecule has 1 heterocycles. The number of amides is 2. The van der Waals surface area contributed by atoms with Crippen LogP contribution in [0, 0.1) is 5.82 Å². The molecule has 25 heavy (non-hydrogen) atoms. The Balaban J connectivity index is 1.99. The van der Waals surface area contributed by atoms with Crippen molar-refractivity contribution in [3.63, 3.8) is 0 Å². The second-order valence-electron chi connectivity index (χ2n) is 6.89. The number of hydrogen-bond acceptors (Lipinski definition) is 3. The van der Waals surface area contributed by atoms with Crippen LogP contribution in [-0.2, 0) is 12.0 Å². The van der Waals surface area contributed by atoms with Crippen LogP contribution >= 0.6 is 0 Å². The van der Waals surface area contributed by atoms with Gasteiger partial charge >= 0.3 is 6.03 Å². The van der Waals surface area contributed by atoms with Crippen molar-refractivity contribution in [2.24, 2.45) is 0 Å². The third-order valence-corrected chi connectivity index (χ3v) is 3.65. The molecule has 6 nitrogen and oxygen atoms in total. The summed E-state index contributed by atoms with van der Waals surface area (Å²) in [5.74, 6) is -0.109. The van der Waals surface area contributed by atoms with Crippen LogP contribution in [0.3, 0.4) is 0 Å². The average Bonchev–Trinajstić information content (AvgIpc) is 2.99. The zero-order valence-electron chi connectivity index (χ0n) is 15.3. The van der Waals surface area contributed by atoms with E-state index in [0.29, 0.717) is 18.9 Å². The van der Waals surface area contributed by atoms with Crippen molar-refractivity contribution in [1.82, 2.24) is 15.1 Å². The molecular formula is C18H25FN4O2. The molecular weight excluding hydrogens is 323 g/mol. The van der Waals surface area contributed by atoms with Gasteiger partial charge < -0.3 is 15.0 Å². The fourth-order valence-electron chi connectivity index (χ4n) is 2.22. The van der Waals surface area contributed by atoms with E-state index in [1.54, 1.807) is 13.1 Å². The van der Waals surface area contributed by atoms with Crippen molar-refractivity contribution in [1.29, 1.82) is 0 Å². The molecule has 7 heteroatoms. The molecule has 1 aromatic carbocycles. The molecule has 136 valence electrons. The SMILES string of the molecule is CCOc1ccc(NC(=O)N(C)Cc2cc(C(C)(C)C)n[nH]2)c(F)c1. The summed E-state index contributed by atoms with van der Waals surface area (Å²) in [6.45, 7) is 8.82. The van der Waals surface area contributed by atoms with Crippen molar-refractivity contribution < 1.29 is 13.9 Å². The Kier molecular flexibility index (Phi) is 5.66. The van der Waals surface area contributed by atoms with E-state index in [0.717, 1.165) is 11.4 Å². The number of ether oxygens (including phenoxy) is 1. The maximum Gasteiger partial charge on any atom is 0.322 e. The van der Waals surface area contributed by atoms with Gasteiger partial charge in [0, 0.05) is 18.5 Å². The predicted molar refractivity (Wildman–Crippen MR) is 95.3 cm³/mol. The Labute approximate surface area is 147 Å². The molecule has 2 N–H and O–H groups in total. The number of anilines is 1. The Morgan fingerprint density at radius 3 is 2.64 bits per heavy atom. The van der Waals surface area contributed by atoms with Crippen LogP contribution in [0.25, 0.3) is 0 Å². The largest absolute Gasteiger partial charge is 0.494 e. The number of aromatic nitrogens is 2. The highest BCUT2D eigenvalue weighted by Crippen LogP contribution is 2.22. The molecule has 2 amide bonds. The number of nitrogens with one attached hydrogen (secondary N) is 2. The lowest BCUT2D eigenvalue weighted by molar-refractivity contribution is 0.220. The van der Waals surface area contributed by atoms with Crippen LogP contribution in [0.2, 0.25) is 0 Å². The van der Waals surface area contributed by atoms with Crippen LogP contribution in [0.5, 0.6) is 5.75 Å². The molecule has 0 spiro atoms. The van der Waals surface area contributed by atoms with Gasteiger partial charge in [-0.05, 0) is 25.1 Å². The van der Waals surface area contributed by atoms with E-state index in [2.05, 4.69) is 36.3 Å². The number of halogens is 1. The first-order chi connectivity index (χ1) is 11.7. The van der Waals surface area contributed by atoms with E-state index in [1.165, 1.54) is 17.0 Å². The van der Waals surface area contributed by atoms with Crippen molar-refractivity contribution >= 4 is 11.7 Å². The third-order valence-electron chi connectivity index (χ3n) is 3.65. The van der Waals surface area contributed by atoms with Crippen molar-refractivity contribution in [3.05, 3.63) is 41.5 Å². The zero-order valence-corrected chi connectivity index (χ0v) is 15.3. The third kappa shape index (κ3) is 4.95. The molecule has 0 atom stereocenters. The summed E-state index contributed by atoms with van der Waals surface area (Å²) in [5, 5.41) is 9.76. The first-order valence-corrected chi connectivity index (χ1v) is 8.20. The molecule has 2 rings (SSSR count). The summed E-state index contributed by atoms with van der Waals surface area (Å²) in [5.41, 5.74) is 1.78. The fourth-order valence-corrected chi connectivity index (χ4v) is 2.22. The quantitative estimate of drug-likeness (QED) is 0.861. The van der Waals surface area contributed by atoms with Crippen LogP contribution < -0.4 is 10.1 Å². The summed E-state index contributed by atoms with van der Waals surface area (Å²) in [7, 11) is 1.64. The minimum atomic E-state index is -0.538. The van der Waals surface area contributed by atoms with E-state index < -0.39 is 11.8 Å². The number of aromatic amines is 1. The smallest absolute Gasteiger partial charge is 0.322 e. The summed E-state index contributed by atoms with van der Waals surface area (Å²) in [6.07, 6.45) is 0. The minimum absolute atomic E-state index is 0.0684. The summed E-state index contributed by atoms with van der Waals surface area (Å²) < 4.78 is 19.3. The number of rotatable bonds is 5. The summed E-state index contributed by atoms with van der Waals surface area (Å²) in [4.78, 5) is 13.7. The van der Waals surface area contributed by atoms with Gasteiger partial charge in [0.15, 0.2) is 0 Å². The van der Waals surface area contributed by atoms with Gasteiger partial charge in [0.05, 0.1) is 30.2 Å². The molecule has 0 unspecified atom stereocenters. The maximum atomic E-state index is 14.0. The molecule has 0 saturated carbocycles. The Morgan fingerprint density at radius 1 is 1.36 bits per heavy atom. The van der Waals surface area contributed by atoms with Gasteiger partial charge in [-0.15, -0.1) is 0 Å². The Bertz CT molecular complexity index is 737. The van der Waals surface area contributed by atoms with Gasteiger partial charge in [-0.1, -0.05) is 20.8 Å². The first-order valence-electron chi connectivity index (χ1n) is 8.20. The van der Waals surface area contributed by atoms with Gasteiger partial charge in [-0.3, -0.25) is 5.10 Å². The molecule has 0 radical (unpaired) electrons. The molecule has 2 aromatic rings. The van der Waals surface area contributed by atoms with E-state index >= 15 is 0 Å². The number of benzene rings is 1. The van der Waals surface area contributed by atoms with Crippen LogP contribution in [0.1, 0.15) is 39.1 Å². The highest BCUT2D eigenvalue weighted by atomic mass is 19.1. The standard InChI is InChI=1S/C18H25FN4O2/c1-6-25-13-7-8-15(14(19)10-13)20-17(24)23(5)11-12-9-16(22-21-12)18(2,3)4/h7-10H,6,11H2,1-5H3,(H,20,24)(H,21,22). The molecule has 0 aliphatic carbocycles. The van der Waals surface area contributed by atoms with E-state index in [4.69, 9.17) is 4.74 Å². The van der Waals surface area contributed by atoms with E-state index in [9.17, 15) is 9.18 Å². The van der Waals surface area contributed by atoms with Crippen molar-refractivity contribution in [2.75, 3.05) is 19.0 Å². The lowest BCUT2D eigenvalue weighted by Crippen LogP contribution is -2.31. The number of hydrogen-bond donors (Lipinski definition) is 2. The minimum Gasteiger partial charge on any atom is -0.494 e. The number of carbonyl (C=O) groups is 1. The first kappa shape index (κ1) is 18.8. The summed E-state index contributed by atoms with van der Waals surface area (Å²) >= 11 is 0. The highest BCUT2D eigenvalue weighted by molar-refractivity contribution is 5.89. The number of urea groups is 1. The lowest BCUT2D eigenvalue weighted by Gasteiger charge is -2.18. The van der Waals surface area contributed by atoms with Gasteiger partial charge in [-0.25, -0.2) is 9.18 Å². The molecule has 0 aliphatic rings. The second kappa shape index (κ2) is 7.55. The van der Waals surface area contributed by atoms with Crippen molar-refractivity contribution in [3.8, 4) is 5.75 Å². The molecule has 0 fully saturated rings. The Hall–Kier alpha value is -2.57. The Morgan fingerprint density at radius 2 is 2.08 bits per heavy atom. The number of H-pyrrole nitrogens is 1. The molecule has 0 bridgehead atoms. The maximum absolute atomic E-state index is 14.0. The van der Waals surface area contributed by atoms with Crippen LogP contribution in [0.4, 0.5) is 14.9 Å². The normalized spacial score (nSPS) is 11.3. The van der Waals surface area contributed by atoms with Gasteiger partial charge in [0.1, 0.15) is 11.6 Å². The second-order valence-corrected chi connectivity index (χ2v) is 6.89. The lowest BCUT2D eigenvalue weighted by atomic mass is 9.92. The summed E-state index contributed by atoms with van der Waals surface area (Å²) in [6, 6.07) is 5.88. The average molecular weight is 348 g/mol. The number of carbonyl (C=O) groups excluding carboxylic acids is 1. The molecule has 1 aromatic heterocycles. The highest BCUT2D eigenvalue weighted by Gasteiger charge is 2.19. The molecule has 0 saturated heterocycles. The van der Waals surface area contributed by atoms with Gasteiger partial charge in [-0.2, -0.15) is 5.10 Å². The van der Waals surface area contributed by atoms with E-state index in [1.807, 2.05) is 13.0 Å². The van der Waals surface area contributed by atoms with Crippen LogP contribution in [0.15, 0.2) is 24.3 Å². The zero-order chi connectivity index (χ0) is 18.6. The van der Waals surface area contributed by atoms with Gasteiger partial charge in [0.25, 0.3) is 0 Å². The predicted octanol–water partition coefficient (Wildman–Crippen LogP) is 3.91. The van der Waals surface area contributed by atoms with Crippen molar-refractivity contribution in [2.45, 2.75) is 39.7 Å². The van der Waals surface area contributed by atoms with E-state index in [-0.39, 0.29) is 11.1 Å². The molecule has 0 aliphatic heterocycles. The monoisotopic (exact) mass is 348 g/mol. The van der Waals surface area contributed by atoms with Crippen LogP contribution in [-0.4, -0.2) is 34.8 Å². The topological polar surface area (TPSA) is 70.2 Å². The van der Waals surface area contributed by atoms with Gasteiger partial charge in [0.2, 0.25) is 0 Å². The number of nitrogens with zero attached hydrogens (tertiary/aromatic N) is 2.